The molecule has 6 aromatic heterocycles. The van der Waals surface area contributed by atoms with E-state index in [0.29, 0.717) is 11.6 Å². The van der Waals surface area contributed by atoms with E-state index in [4.69, 9.17) is 19.9 Å². The van der Waals surface area contributed by atoms with Gasteiger partial charge in [0.2, 0.25) is 0 Å². The summed E-state index contributed by atoms with van der Waals surface area (Å²) in [6.07, 6.45) is 0. The van der Waals surface area contributed by atoms with E-state index in [1.54, 1.807) is 0 Å². The van der Waals surface area contributed by atoms with Crippen LogP contribution < -0.4 is 0 Å². The molecule has 0 N–H and O–H groups in total. The van der Waals surface area contributed by atoms with Crippen molar-refractivity contribution in [3.05, 3.63) is 352 Å². The van der Waals surface area contributed by atoms with Gasteiger partial charge in [0, 0.05) is 99.2 Å². The van der Waals surface area contributed by atoms with Crippen molar-refractivity contribution in [2.75, 3.05) is 0 Å². The van der Waals surface area contributed by atoms with Crippen molar-refractivity contribution < 1.29 is 0 Å². The highest BCUT2D eigenvalue weighted by Crippen LogP contribution is 2.40. The van der Waals surface area contributed by atoms with Crippen LogP contribution in [0.5, 0.6) is 0 Å². The maximum absolute atomic E-state index is 5.42. The fourth-order valence-corrected chi connectivity index (χ4v) is 15.3. The molecule has 0 fully saturated rings. The normalized spacial score (nSPS) is 11.8. The molecule has 0 aliphatic carbocycles. The first-order valence-corrected chi connectivity index (χ1v) is 33.9. The van der Waals surface area contributed by atoms with E-state index in [9.17, 15) is 0 Å². The van der Waals surface area contributed by atoms with Crippen LogP contribution in [0.3, 0.4) is 0 Å². The van der Waals surface area contributed by atoms with Gasteiger partial charge >= 0.3 is 0 Å². The van der Waals surface area contributed by atoms with E-state index < -0.39 is 0 Å². The van der Waals surface area contributed by atoms with Gasteiger partial charge in [-0.25, -0.2) is 19.9 Å². The summed E-state index contributed by atoms with van der Waals surface area (Å²) in [6, 6.07) is 126. The number of rotatable bonds is 11. The van der Waals surface area contributed by atoms with Gasteiger partial charge in [0.15, 0.2) is 11.6 Å². The minimum atomic E-state index is 0.643. The van der Waals surface area contributed by atoms with Crippen LogP contribution in [0.1, 0.15) is 0 Å². The summed E-state index contributed by atoms with van der Waals surface area (Å²) >= 11 is 0. The van der Waals surface area contributed by atoms with Crippen LogP contribution in [0.15, 0.2) is 352 Å². The Morgan fingerprint density at radius 3 is 0.630 bits per heavy atom. The van der Waals surface area contributed by atoms with Crippen LogP contribution >= 0.6 is 0 Å². The number of aromatic nitrogens is 8. The van der Waals surface area contributed by atoms with E-state index in [1.165, 1.54) is 65.2 Å². The Kier molecular flexibility index (Phi) is 13.1. The first-order chi connectivity index (χ1) is 49.6. The summed E-state index contributed by atoms with van der Waals surface area (Å²) in [4.78, 5) is 21.6. The molecule has 8 heteroatoms. The molecule has 466 valence electrons. The van der Waals surface area contributed by atoms with Crippen molar-refractivity contribution in [2.24, 2.45) is 0 Å². The summed E-state index contributed by atoms with van der Waals surface area (Å²) in [5, 5.41) is 9.82. The highest BCUT2D eigenvalue weighted by molar-refractivity contribution is 6.12. The third-order valence-electron chi connectivity index (χ3n) is 20.1. The minimum absolute atomic E-state index is 0.643. The van der Waals surface area contributed by atoms with E-state index in [0.717, 1.165) is 112 Å². The van der Waals surface area contributed by atoms with Crippen LogP contribution in [0.4, 0.5) is 0 Å². The molecule has 0 amide bonds. The minimum Gasteiger partial charge on any atom is -0.309 e. The summed E-state index contributed by atoms with van der Waals surface area (Å²) in [7, 11) is 0. The predicted molar refractivity (Wildman–Crippen MR) is 413 cm³/mol. The van der Waals surface area contributed by atoms with Gasteiger partial charge in [0.1, 0.15) is 0 Å². The zero-order valence-electron chi connectivity index (χ0n) is 54.1. The summed E-state index contributed by atoms with van der Waals surface area (Å²) in [5.74, 6) is 1.29. The number of para-hydroxylation sites is 8. The molecule has 6 heterocycles. The highest BCUT2D eigenvalue weighted by Gasteiger charge is 2.20. The average Bonchev–Trinajstić information content (AvgIpc) is 1.59. The van der Waals surface area contributed by atoms with Crippen LogP contribution in [0.2, 0.25) is 0 Å². The molecule has 0 aliphatic heterocycles. The Morgan fingerprint density at radius 1 is 0.150 bits per heavy atom. The first-order valence-electron chi connectivity index (χ1n) is 33.9. The zero-order chi connectivity index (χ0) is 65.8. The van der Waals surface area contributed by atoms with Crippen LogP contribution in [-0.2, 0) is 0 Å². The molecule has 0 aliphatic rings. The highest BCUT2D eigenvalue weighted by atomic mass is 15.0. The van der Waals surface area contributed by atoms with Crippen molar-refractivity contribution in [1.29, 1.82) is 0 Å². The molecule has 0 radical (unpaired) electrons. The van der Waals surface area contributed by atoms with E-state index in [2.05, 4.69) is 370 Å². The standard InChI is InChI=1S/C92H58N8/c1-9-28-83-71(20-1)72-21-2-10-29-84(72)97(83)67-48-40-61(41-49-67)80-57-79(93-91(94-80)63-44-52-69(53-45-63)99-87-32-13-5-24-75(87)76-25-6-14-33-88(76)99)60-38-36-59(37-39-60)65-18-17-19-66(56-65)82-58-81(62-42-50-68(51-43-62)98-85-30-11-3-22-73(85)74-23-4-12-31-86(74)98)95-92(96-82)64-46-54-70(55-47-64)100-89-34-15-7-26-77(89)78-27-8-16-35-90(78)100/h1-58H. The summed E-state index contributed by atoms with van der Waals surface area (Å²) in [5.41, 5.74) is 24.9. The Balaban J connectivity index is 0.667. The summed E-state index contributed by atoms with van der Waals surface area (Å²) in [6.45, 7) is 0. The maximum atomic E-state index is 5.42. The molecular formula is C92H58N8. The Labute approximate surface area is 575 Å². The molecular weight excluding hydrogens is 1220 g/mol. The fourth-order valence-electron chi connectivity index (χ4n) is 15.3. The lowest BCUT2D eigenvalue weighted by atomic mass is 9.98. The topological polar surface area (TPSA) is 71.3 Å². The van der Waals surface area contributed by atoms with Crippen LogP contribution in [-0.4, -0.2) is 38.2 Å². The second-order valence-corrected chi connectivity index (χ2v) is 25.7. The van der Waals surface area contributed by atoms with Gasteiger partial charge in [-0.3, -0.25) is 0 Å². The smallest absolute Gasteiger partial charge is 0.160 e. The monoisotopic (exact) mass is 1270 g/mol. The third kappa shape index (κ3) is 9.37. The van der Waals surface area contributed by atoms with Gasteiger partial charge in [-0.1, -0.05) is 212 Å². The third-order valence-corrected chi connectivity index (χ3v) is 20.1. The maximum Gasteiger partial charge on any atom is 0.160 e. The predicted octanol–water partition coefficient (Wildman–Crippen LogP) is 23.3. The van der Waals surface area contributed by atoms with Crippen molar-refractivity contribution in [3.63, 3.8) is 0 Å². The number of hydrogen-bond donors (Lipinski definition) is 0. The quantitative estimate of drug-likeness (QED) is 0.129. The molecule has 0 saturated heterocycles. The van der Waals surface area contributed by atoms with E-state index >= 15 is 0 Å². The molecule has 14 aromatic carbocycles. The Hall–Kier alpha value is -13.6. The molecule has 0 unspecified atom stereocenters. The van der Waals surface area contributed by atoms with Crippen molar-refractivity contribution in [1.82, 2.24) is 38.2 Å². The molecule has 0 atom stereocenters. The first kappa shape index (κ1) is 56.8. The Morgan fingerprint density at radius 2 is 0.360 bits per heavy atom. The molecule has 8 nitrogen and oxygen atoms in total. The largest absolute Gasteiger partial charge is 0.309 e. The van der Waals surface area contributed by atoms with Gasteiger partial charge < -0.3 is 18.3 Å². The van der Waals surface area contributed by atoms with Gasteiger partial charge in [-0.15, -0.1) is 0 Å². The van der Waals surface area contributed by atoms with Crippen molar-refractivity contribution in [3.8, 4) is 102 Å². The molecule has 0 saturated carbocycles. The number of hydrogen-bond acceptors (Lipinski definition) is 4. The van der Waals surface area contributed by atoms with Crippen LogP contribution in [0.25, 0.3) is 189 Å². The number of fused-ring (bicyclic) bond motifs is 12. The fraction of sp³-hybridized carbons (Fsp3) is 0. The lowest BCUT2D eigenvalue weighted by Crippen LogP contribution is -1.98. The number of nitrogens with zero attached hydrogens (tertiary/aromatic N) is 8. The SMILES string of the molecule is c1cc(-c2ccc(-c3cc(-c4ccc(-n5c6ccccc6c6ccccc65)cc4)nc(-c4ccc(-n5c6ccccc6c6ccccc65)cc4)n3)cc2)cc(-c2cc(-c3ccc(-n4c5ccccc5c5ccccc54)cc3)nc(-c3ccc(-n4c5ccccc5c5ccccc54)cc3)n2)c1. The second kappa shape index (κ2) is 23.1. The Bertz CT molecular complexity index is 6050. The van der Waals surface area contributed by atoms with E-state index in [1.807, 2.05) is 0 Å². The van der Waals surface area contributed by atoms with Crippen molar-refractivity contribution in [2.45, 2.75) is 0 Å². The van der Waals surface area contributed by atoms with Gasteiger partial charge in [-0.05, 0) is 151 Å². The average molecular weight is 1280 g/mol. The van der Waals surface area contributed by atoms with Crippen molar-refractivity contribution >= 4 is 87.2 Å². The van der Waals surface area contributed by atoms with Crippen LogP contribution in [0, 0.1) is 0 Å². The van der Waals surface area contributed by atoms with Gasteiger partial charge in [0.05, 0.1) is 66.9 Å². The molecule has 100 heavy (non-hydrogen) atoms. The lowest BCUT2D eigenvalue weighted by Gasteiger charge is -2.13. The molecule has 20 aromatic rings. The van der Waals surface area contributed by atoms with Gasteiger partial charge in [0.25, 0.3) is 0 Å². The van der Waals surface area contributed by atoms with E-state index in [-0.39, 0.29) is 0 Å². The lowest BCUT2D eigenvalue weighted by molar-refractivity contribution is 1.16. The zero-order valence-corrected chi connectivity index (χ0v) is 54.1. The molecule has 0 bridgehead atoms. The summed E-state index contributed by atoms with van der Waals surface area (Å²) < 4.78 is 9.39. The molecule has 0 spiro atoms. The molecule has 20 rings (SSSR count). The number of benzene rings is 14. The van der Waals surface area contributed by atoms with Gasteiger partial charge in [-0.2, -0.15) is 0 Å². The second-order valence-electron chi connectivity index (χ2n) is 25.7.